The molecule has 1 aromatic heterocycles. The Morgan fingerprint density at radius 2 is 1.65 bits per heavy atom. The summed E-state index contributed by atoms with van der Waals surface area (Å²) in [7, 11) is 3.22. The molecule has 3 rings (SSSR count). The number of hydrogen-bond donors (Lipinski definition) is 0. The molecule has 0 fully saturated rings. The molecule has 8 heteroatoms. The second-order valence-electron chi connectivity index (χ2n) is 6.94. The smallest absolute Gasteiger partial charge is 0.282 e. The van der Waals surface area contributed by atoms with Gasteiger partial charge in [-0.3, -0.25) is 9.59 Å². The second kappa shape index (κ2) is 11.1. The van der Waals surface area contributed by atoms with Crippen molar-refractivity contribution in [2.75, 3.05) is 52.0 Å². The maximum absolute atomic E-state index is 13.7. The maximum Gasteiger partial charge on any atom is 0.282 e. The Hall–Kier alpha value is -2.68. The van der Waals surface area contributed by atoms with Crippen molar-refractivity contribution in [2.24, 2.45) is 0 Å². The van der Waals surface area contributed by atoms with E-state index in [2.05, 4.69) is 0 Å². The zero-order valence-corrected chi connectivity index (χ0v) is 18.9. The van der Waals surface area contributed by atoms with E-state index < -0.39 is 0 Å². The van der Waals surface area contributed by atoms with E-state index in [0.29, 0.717) is 55.6 Å². The molecule has 0 spiro atoms. The van der Waals surface area contributed by atoms with E-state index in [4.69, 9.17) is 14.2 Å². The quantitative estimate of drug-likeness (QED) is 0.468. The molecule has 2 amide bonds. The lowest BCUT2D eigenvalue weighted by molar-refractivity contribution is -0.120. The minimum absolute atomic E-state index is 0.352. The molecule has 1 aliphatic heterocycles. The van der Waals surface area contributed by atoms with Gasteiger partial charge < -0.3 is 19.1 Å². The van der Waals surface area contributed by atoms with Crippen molar-refractivity contribution in [1.82, 2.24) is 4.90 Å². The highest BCUT2D eigenvalue weighted by atomic mass is 32.1. The Balaban J connectivity index is 2.07. The molecule has 2 aromatic rings. The average Bonchev–Trinajstić information content (AvgIpc) is 3.39. The highest BCUT2D eigenvalue weighted by molar-refractivity contribution is 7.11. The van der Waals surface area contributed by atoms with E-state index in [1.807, 2.05) is 35.4 Å². The van der Waals surface area contributed by atoms with Crippen molar-refractivity contribution in [1.29, 1.82) is 0 Å². The van der Waals surface area contributed by atoms with Gasteiger partial charge >= 0.3 is 0 Å². The van der Waals surface area contributed by atoms with Crippen molar-refractivity contribution in [3.63, 3.8) is 0 Å². The van der Waals surface area contributed by atoms with Crippen LogP contribution in [0.3, 0.4) is 0 Å². The van der Waals surface area contributed by atoms with E-state index in [9.17, 15) is 9.59 Å². The predicted molar refractivity (Wildman–Crippen MR) is 121 cm³/mol. The molecule has 0 bridgehead atoms. The van der Waals surface area contributed by atoms with Gasteiger partial charge in [-0.25, -0.2) is 4.90 Å². The summed E-state index contributed by atoms with van der Waals surface area (Å²) in [6.07, 6.45) is 0.821. The summed E-state index contributed by atoms with van der Waals surface area (Å²) in [4.78, 5) is 31.2. The highest BCUT2D eigenvalue weighted by Crippen LogP contribution is 2.39. The van der Waals surface area contributed by atoms with E-state index in [1.165, 1.54) is 16.2 Å². The fourth-order valence-electron chi connectivity index (χ4n) is 3.39. The fraction of sp³-hybridized carbons (Fsp3) is 0.391. The molecule has 0 saturated carbocycles. The van der Waals surface area contributed by atoms with Crippen molar-refractivity contribution >= 4 is 34.4 Å². The van der Waals surface area contributed by atoms with E-state index in [1.54, 1.807) is 32.4 Å². The van der Waals surface area contributed by atoms with Gasteiger partial charge in [-0.05, 0) is 30.0 Å². The Morgan fingerprint density at radius 3 is 2.26 bits per heavy atom. The number of thiophene rings is 1. The van der Waals surface area contributed by atoms with Crippen LogP contribution in [0.4, 0.5) is 5.69 Å². The molecule has 0 unspecified atom stereocenters. The summed E-state index contributed by atoms with van der Waals surface area (Å²) >= 11 is 1.43. The van der Waals surface area contributed by atoms with E-state index >= 15 is 0 Å². The number of ether oxygens (including phenoxy) is 3. The summed E-state index contributed by atoms with van der Waals surface area (Å²) in [5.41, 5.74) is 1.22. The van der Waals surface area contributed by atoms with Crippen LogP contribution in [0.2, 0.25) is 0 Å². The topological polar surface area (TPSA) is 68.3 Å². The van der Waals surface area contributed by atoms with Crippen LogP contribution < -0.4 is 9.64 Å². The molecule has 2 heterocycles. The zero-order chi connectivity index (χ0) is 22.2. The van der Waals surface area contributed by atoms with Gasteiger partial charge in [0.15, 0.2) is 0 Å². The van der Waals surface area contributed by atoms with Gasteiger partial charge in [0, 0.05) is 32.2 Å². The standard InChI is InChI=1S/C23H28N2O5S/c1-4-13-30-18-9-6-5-8-17(18)25-22(26)20(19-10-7-16-31-19)21(23(25)27)24(11-14-28-2)12-15-29-3/h5-10,16H,4,11-15H2,1-3H3. The highest BCUT2D eigenvalue weighted by Gasteiger charge is 2.43. The van der Waals surface area contributed by atoms with Crippen LogP contribution >= 0.6 is 11.3 Å². The Kier molecular flexibility index (Phi) is 8.22. The largest absolute Gasteiger partial charge is 0.491 e. The summed E-state index contributed by atoms with van der Waals surface area (Å²) in [6, 6.07) is 10.9. The number of methoxy groups -OCH3 is 2. The number of benzene rings is 1. The minimum Gasteiger partial charge on any atom is -0.491 e. The lowest BCUT2D eigenvalue weighted by Crippen LogP contribution is -2.37. The van der Waals surface area contributed by atoms with Gasteiger partial charge in [-0.15, -0.1) is 11.3 Å². The van der Waals surface area contributed by atoms with Crippen LogP contribution in [0.5, 0.6) is 5.75 Å². The van der Waals surface area contributed by atoms with Gasteiger partial charge in [-0.1, -0.05) is 25.1 Å². The first kappa shape index (κ1) is 23.0. The lowest BCUT2D eigenvalue weighted by Gasteiger charge is -2.26. The summed E-state index contributed by atoms with van der Waals surface area (Å²) in [5.74, 6) is -0.207. The summed E-state index contributed by atoms with van der Waals surface area (Å²) < 4.78 is 16.3. The minimum atomic E-state index is -0.367. The first-order chi connectivity index (χ1) is 15.1. The number of nitrogens with zero attached hydrogens (tertiary/aromatic N) is 2. The normalized spacial score (nSPS) is 14.0. The first-order valence-corrected chi connectivity index (χ1v) is 11.1. The monoisotopic (exact) mass is 444 g/mol. The molecule has 0 saturated heterocycles. The fourth-order valence-corrected chi connectivity index (χ4v) is 4.15. The lowest BCUT2D eigenvalue weighted by atomic mass is 10.1. The van der Waals surface area contributed by atoms with Gasteiger partial charge in [0.25, 0.3) is 11.8 Å². The molecular weight excluding hydrogens is 416 g/mol. The zero-order valence-electron chi connectivity index (χ0n) is 18.1. The molecule has 0 radical (unpaired) electrons. The number of carbonyl (C=O) groups is 2. The third-order valence-electron chi connectivity index (χ3n) is 4.84. The number of carbonyl (C=O) groups excluding carboxylic acids is 2. The third-order valence-corrected chi connectivity index (χ3v) is 5.73. The van der Waals surface area contributed by atoms with Gasteiger partial charge in [0.2, 0.25) is 0 Å². The van der Waals surface area contributed by atoms with Crippen molar-refractivity contribution in [3.8, 4) is 5.75 Å². The van der Waals surface area contributed by atoms with Gasteiger partial charge in [0.05, 0.1) is 31.1 Å². The van der Waals surface area contributed by atoms with Crippen LogP contribution in [0.15, 0.2) is 47.5 Å². The van der Waals surface area contributed by atoms with Gasteiger partial charge in [0.1, 0.15) is 11.4 Å². The first-order valence-electron chi connectivity index (χ1n) is 10.3. The number of hydrogen-bond acceptors (Lipinski definition) is 7. The third kappa shape index (κ3) is 4.98. The summed E-state index contributed by atoms with van der Waals surface area (Å²) in [6.45, 7) is 4.27. The van der Waals surface area contributed by atoms with E-state index in [0.717, 1.165) is 11.3 Å². The maximum atomic E-state index is 13.7. The number of anilines is 1. The van der Waals surface area contributed by atoms with Crippen LogP contribution in [0, 0.1) is 0 Å². The molecule has 7 nitrogen and oxygen atoms in total. The van der Waals surface area contributed by atoms with Crippen molar-refractivity contribution in [2.45, 2.75) is 13.3 Å². The molecular formula is C23H28N2O5S. The molecule has 31 heavy (non-hydrogen) atoms. The number of para-hydroxylation sites is 2. The molecule has 1 aromatic carbocycles. The van der Waals surface area contributed by atoms with Gasteiger partial charge in [-0.2, -0.15) is 0 Å². The van der Waals surface area contributed by atoms with E-state index in [-0.39, 0.29) is 11.8 Å². The number of imide groups is 1. The van der Waals surface area contributed by atoms with Crippen molar-refractivity contribution < 1.29 is 23.8 Å². The van der Waals surface area contributed by atoms with Crippen LogP contribution in [-0.2, 0) is 19.1 Å². The molecule has 0 atom stereocenters. The molecule has 0 aliphatic carbocycles. The number of rotatable bonds is 12. The molecule has 166 valence electrons. The average molecular weight is 445 g/mol. The summed E-state index contributed by atoms with van der Waals surface area (Å²) in [5, 5.41) is 1.90. The molecule has 0 N–H and O–H groups in total. The predicted octanol–water partition coefficient (Wildman–Crippen LogP) is 3.42. The second-order valence-corrected chi connectivity index (χ2v) is 7.88. The Morgan fingerprint density at radius 1 is 0.935 bits per heavy atom. The Labute approximate surface area is 186 Å². The van der Waals surface area contributed by atoms with Crippen LogP contribution in [0.1, 0.15) is 18.2 Å². The number of amides is 2. The SMILES string of the molecule is CCCOc1ccccc1N1C(=O)C(c2cccs2)=C(N(CCOC)CCOC)C1=O. The Bertz CT molecular complexity index is 918. The van der Waals surface area contributed by atoms with Crippen LogP contribution in [0.25, 0.3) is 5.57 Å². The van der Waals surface area contributed by atoms with Crippen LogP contribution in [-0.4, -0.2) is 63.8 Å². The van der Waals surface area contributed by atoms with Crippen molar-refractivity contribution in [3.05, 3.63) is 52.4 Å². The molecule has 1 aliphatic rings.